The van der Waals surface area contributed by atoms with E-state index < -0.39 is 5.60 Å². The van der Waals surface area contributed by atoms with Crippen LogP contribution < -0.4 is 10.6 Å². The molecule has 1 saturated heterocycles. The molecule has 0 aliphatic carbocycles. The minimum absolute atomic E-state index is 0.208. The molecule has 0 saturated carbocycles. The average molecular weight is 425 g/mol. The van der Waals surface area contributed by atoms with Gasteiger partial charge in [0.15, 0.2) is 5.96 Å². The predicted octanol–water partition coefficient (Wildman–Crippen LogP) is 2.46. The lowest BCUT2D eigenvalue weighted by molar-refractivity contribution is -0.0179. The third-order valence-electron chi connectivity index (χ3n) is 5.47. The maximum Gasteiger partial charge on any atom is 0.191 e. The van der Waals surface area contributed by atoms with Crippen LogP contribution in [-0.4, -0.2) is 74.0 Å². The maximum atomic E-state index is 10.9. The van der Waals surface area contributed by atoms with Gasteiger partial charge in [0.25, 0.3) is 0 Å². The molecule has 0 bridgehead atoms. The van der Waals surface area contributed by atoms with Gasteiger partial charge in [0, 0.05) is 38.6 Å². The third-order valence-corrected chi connectivity index (χ3v) is 5.47. The fourth-order valence-electron chi connectivity index (χ4n) is 3.88. The Kier molecular flexibility index (Phi) is 8.88. The lowest BCUT2D eigenvalue weighted by Gasteiger charge is -2.33. The highest BCUT2D eigenvalue weighted by molar-refractivity contribution is 5.79. The molecule has 1 aliphatic rings. The number of aliphatic imine (C=N–C) groups is 1. The number of nitrogens with zero attached hydrogens (tertiary/aromatic N) is 2. The molecule has 2 aromatic rings. The number of β-amino-alcohol motifs (C(OH)–C–C–N with tert-alkyl or cyclic N) is 1. The summed E-state index contributed by atoms with van der Waals surface area (Å²) in [6, 6.07) is 21.0. The van der Waals surface area contributed by atoms with Gasteiger partial charge in [-0.2, -0.15) is 0 Å². The van der Waals surface area contributed by atoms with Gasteiger partial charge in [-0.3, -0.25) is 9.89 Å². The highest BCUT2D eigenvalue weighted by Crippen LogP contribution is 2.23. The standard InChI is InChI=1S/C25H36N4O2/c1-3-26-24(28-19-25(2,30)20-29-14-16-31-17-15-29)27-18-23(21-10-6-4-7-11-21)22-12-8-5-9-13-22/h4-13,23,30H,3,14-20H2,1-2H3,(H2,26,27,28). The summed E-state index contributed by atoms with van der Waals surface area (Å²) in [6.45, 7) is 9.47. The molecule has 1 aliphatic heterocycles. The molecule has 6 heteroatoms. The van der Waals surface area contributed by atoms with Crippen molar-refractivity contribution in [2.75, 3.05) is 52.5 Å². The number of nitrogens with one attached hydrogen (secondary N) is 2. The second kappa shape index (κ2) is 11.8. The van der Waals surface area contributed by atoms with Gasteiger partial charge in [0.05, 0.1) is 25.4 Å². The van der Waals surface area contributed by atoms with Crippen molar-refractivity contribution in [2.24, 2.45) is 4.99 Å². The van der Waals surface area contributed by atoms with Crippen molar-refractivity contribution in [1.29, 1.82) is 0 Å². The quantitative estimate of drug-likeness (QED) is 0.426. The SMILES string of the molecule is CCNC(=NCC(C)(O)CN1CCOCC1)NCC(c1ccccc1)c1ccccc1. The van der Waals surface area contributed by atoms with Crippen LogP contribution in [0.4, 0.5) is 0 Å². The predicted molar refractivity (Wildman–Crippen MR) is 127 cm³/mol. The first-order valence-electron chi connectivity index (χ1n) is 11.2. The van der Waals surface area contributed by atoms with Crippen LogP contribution >= 0.6 is 0 Å². The fourth-order valence-corrected chi connectivity index (χ4v) is 3.88. The van der Waals surface area contributed by atoms with Crippen LogP contribution in [0.5, 0.6) is 0 Å². The van der Waals surface area contributed by atoms with E-state index in [1.54, 1.807) is 0 Å². The van der Waals surface area contributed by atoms with Crippen molar-refractivity contribution in [1.82, 2.24) is 15.5 Å². The van der Waals surface area contributed by atoms with E-state index in [1.165, 1.54) is 11.1 Å². The van der Waals surface area contributed by atoms with Gasteiger partial charge in [0.2, 0.25) is 0 Å². The summed E-state index contributed by atoms with van der Waals surface area (Å²) in [7, 11) is 0. The largest absolute Gasteiger partial charge is 0.387 e. The lowest BCUT2D eigenvalue weighted by Crippen LogP contribution is -2.48. The van der Waals surface area contributed by atoms with Crippen molar-refractivity contribution in [2.45, 2.75) is 25.4 Å². The van der Waals surface area contributed by atoms with Crippen LogP contribution in [-0.2, 0) is 4.74 Å². The summed E-state index contributed by atoms with van der Waals surface area (Å²) < 4.78 is 5.40. The number of hydrogen-bond acceptors (Lipinski definition) is 4. The van der Waals surface area contributed by atoms with Crippen molar-refractivity contribution >= 4 is 5.96 Å². The van der Waals surface area contributed by atoms with Crippen molar-refractivity contribution in [3.05, 3.63) is 71.8 Å². The van der Waals surface area contributed by atoms with Gasteiger partial charge in [-0.25, -0.2) is 0 Å². The first-order valence-corrected chi connectivity index (χ1v) is 11.2. The van der Waals surface area contributed by atoms with E-state index in [-0.39, 0.29) is 5.92 Å². The Morgan fingerprint density at radius 2 is 1.61 bits per heavy atom. The molecule has 3 N–H and O–H groups in total. The number of ether oxygens (including phenoxy) is 1. The summed E-state index contributed by atoms with van der Waals surface area (Å²) in [4.78, 5) is 6.93. The zero-order valence-electron chi connectivity index (χ0n) is 18.8. The number of hydrogen-bond donors (Lipinski definition) is 3. The van der Waals surface area contributed by atoms with Crippen molar-refractivity contribution in [3.63, 3.8) is 0 Å². The van der Waals surface area contributed by atoms with E-state index in [1.807, 2.05) is 19.1 Å². The summed E-state index contributed by atoms with van der Waals surface area (Å²) in [5, 5.41) is 17.7. The van der Waals surface area contributed by atoms with E-state index in [4.69, 9.17) is 9.73 Å². The first-order chi connectivity index (χ1) is 15.1. The Morgan fingerprint density at radius 3 is 2.16 bits per heavy atom. The molecule has 3 rings (SSSR count). The molecular formula is C25H36N4O2. The highest BCUT2D eigenvalue weighted by Gasteiger charge is 2.25. The smallest absolute Gasteiger partial charge is 0.191 e. The molecule has 1 unspecified atom stereocenters. The van der Waals surface area contributed by atoms with Gasteiger partial charge in [-0.1, -0.05) is 60.7 Å². The number of guanidine groups is 1. The summed E-state index contributed by atoms with van der Waals surface area (Å²) in [5.74, 6) is 0.932. The van der Waals surface area contributed by atoms with E-state index >= 15 is 0 Å². The number of aliphatic hydroxyl groups is 1. The molecule has 1 heterocycles. The van der Waals surface area contributed by atoms with E-state index in [0.717, 1.165) is 38.8 Å². The summed E-state index contributed by atoms with van der Waals surface area (Å²) >= 11 is 0. The van der Waals surface area contributed by atoms with Crippen LogP contribution in [0.3, 0.4) is 0 Å². The Labute approximate surface area is 186 Å². The Balaban J connectivity index is 1.65. The summed E-state index contributed by atoms with van der Waals surface area (Å²) in [6.07, 6.45) is 0. The molecule has 0 radical (unpaired) electrons. The molecule has 0 spiro atoms. The van der Waals surface area contributed by atoms with Crippen LogP contribution in [0.1, 0.15) is 30.9 Å². The van der Waals surface area contributed by atoms with Gasteiger partial charge in [-0.15, -0.1) is 0 Å². The molecule has 6 nitrogen and oxygen atoms in total. The van der Waals surface area contributed by atoms with E-state index in [9.17, 15) is 5.11 Å². The highest BCUT2D eigenvalue weighted by atomic mass is 16.5. The van der Waals surface area contributed by atoms with Crippen LogP contribution in [0.15, 0.2) is 65.7 Å². The van der Waals surface area contributed by atoms with Crippen molar-refractivity contribution < 1.29 is 9.84 Å². The number of morpholine rings is 1. The Hall–Kier alpha value is -2.41. The zero-order chi connectivity index (χ0) is 21.9. The van der Waals surface area contributed by atoms with E-state index in [0.29, 0.717) is 19.6 Å². The minimum atomic E-state index is -0.891. The number of rotatable bonds is 9. The average Bonchev–Trinajstić information content (AvgIpc) is 2.79. The molecule has 0 amide bonds. The maximum absolute atomic E-state index is 10.9. The first kappa shape index (κ1) is 23.3. The Bertz CT molecular complexity index is 750. The topological polar surface area (TPSA) is 69.1 Å². The lowest BCUT2D eigenvalue weighted by atomic mass is 9.91. The fraction of sp³-hybridized carbons (Fsp3) is 0.480. The van der Waals surface area contributed by atoms with Crippen LogP contribution in [0, 0.1) is 0 Å². The Morgan fingerprint density at radius 1 is 1.03 bits per heavy atom. The minimum Gasteiger partial charge on any atom is -0.387 e. The van der Waals surface area contributed by atoms with Gasteiger partial charge in [-0.05, 0) is 25.0 Å². The molecule has 2 aromatic carbocycles. The molecule has 168 valence electrons. The molecule has 1 fully saturated rings. The van der Waals surface area contributed by atoms with Crippen LogP contribution in [0.2, 0.25) is 0 Å². The van der Waals surface area contributed by atoms with Crippen molar-refractivity contribution in [3.8, 4) is 0 Å². The van der Waals surface area contributed by atoms with Gasteiger partial charge in [0.1, 0.15) is 0 Å². The monoisotopic (exact) mass is 424 g/mol. The molecule has 0 aromatic heterocycles. The second-order valence-electron chi connectivity index (χ2n) is 8.34. The molecular weight excluding hydrogens is 388 g/mol. The van der Waals surface area contributed by atoms with Gasteiger partial charge >= 0.3 is 0 Å². The zero-order valence-corrected chi connectivity index (χ0v) is 18.8. The summed E-state index contributed by atoms with van der Waals surface area (Å²) in [5.41, 5.74) is 1.63. The number of benzene rings is 2. The van der Waals surface area contributed by atoms with E-state index in [2.05, 4.69) is 71.0 Å². The third kappa shape index (κ3) is 7.65. The molecule has 31 heavy (non-hydrogen) atoms. The second-order valence-corrected chi connectivity index (χ2v) is 8.34. The normalized spacial score (nSPS) is 17.4. The molecule has 1 atom stereocenters. The van der Waals surface area contributed by atoms with Gasteiger partial charge < -0.3 is 20.5 Å². The van der Waals surface area contributed by atoms with Crippen LogP contribution in [0.25, 0.3) is 0 Å².